The number of nitrogens with zero attached hydrogens (tertiary/aromatic N) is 3. The Bertz CT molecular complexity index is 1490. The van der Waals surface area contributed by atoms with E-state index in [1.54, 1.807) is 35.2 Å². The van der Waals surface area contributed by atoms with Gasteiger partial charge in [0.05, 0.1) is 28.3 Å². The molecule has 0 saturated heterocycles. The number of imidazole rings is 1. The zero-order valence-corrected chi connectivity index (χ0v) is 19.9. The van der Waals surface area contributed by atoms with Gasteiger partial charge >= 0.3 is 0 Å². The Kier molecular flexibility index (Phi) is 5.10. The van der Waals surface area contributed by atoms with Crippen LogP contribution in [0.4, 0.5) is 5.69 Å². The summed E-state index contributed by atoms with van der Waals surface area (Å²) >= 11 is 0. The molecule has 0 spiro atoms. The van der Waals surface area contributed by atoms with E-state index in [-0.39, 0.29) is 36.2 Å². The second-order valence-corrected chi connectivity index (χ2v) is 9.51. The molecule has 180 valence electrons. The molecule has 1 aromatic heterocycles. The van der Waals surface area contributed by atoms with Crippen LogP contribution in [0.5, 0.6) is 0 Å². The lowest BCUT2D eigenvalue weighted by Gasteiger charge is -2.40. The molecule has 2 atom stereocenters. The number of H-pyrrole nitrogens is 1. The summed E-state index contributed by atoms with van der Waals surface area (Å²) in [5, 5.41) is 3.07. The van der Waals surface area contributed by atoms with Crippen molar-refractivity contribution in [3.63, 3.8) is 0 Å². The van der Waals surface area contributed by atoms with Gasteiger partial charge in [0.1, 0.15) is 18.5 Å². The molecular formula is C28H25N5O3. The third kappa shape index (κ3) is 3.37. The number of fused-ring (bicyclic) bond motifs is 6. The highest BCUT2D eigenvalue weighted by Crippen LogP contribution is 2.45. The Morgan fingerprint density at radius 1 is 0.944 bits per heavy atom. The first-order chi connectivity index (χ1) is 17.4. The van der Waals surface area contributed by atoms with Crippen molar-refractivity contribution < 1.29 is 14.4 Å². The van der Waals surface area contributed by atoms with Crippen LogP contribution in [0.1, 0.15) is 58.2 Å². The first kappa shape index (κ1) is 22.0. The number of para-hydroxylation sites is 3. The largest absolute Gasteiger partial charge is 0.344 e. The molecule has 0 radical (unpaired) electrons. The van der Waals surface area contributed by atoms with Crippen molar-refractivity contribution in [3.8, 4) is 0 Å². The minimum Gasteiger partial charge on any atom is -0.344 e. The fourth-order valence-electron chi connectivity index (χ4n) is 5.18. The Labute approximate surface area is 207 Å². The summed E-state index contributed by atoms with van der Waals surface area (Å²) in [7, 11) is 0. The molecule has 0 saturated carbocycles. The number of aromatic nitrogens is 2. The van der Waals surface area contributed by atoms with Crippen molar-refractivity contribution in [2.45, 2.75) is 26.1 Å². The predicted molar refractivity (Wildman–Crippen MR) is 135 cm³/mol. The fourth-order valence-corrected chi connectivity index (χ4v) is 5.18. The van der Waals surface area contributed by atoms with E-state index >= 15 is 0 Å². The number of amides is 3. The first-order valence-corrected chi connectivity index (χ1v) is 12.0. The lowest BCUT2D eigenvalue weighted by molar-refractivity contribution is -0.123. The van der Waals surface area contributed by atoms with Crippen molar-refractivity contribution in [1.29, 1.82) is 0 Å². The molecule has 0 unspecified atom stereocenters. The number of nitrogens with one attached hydrogen (secondary N) is 2. The SMILES string of the molecule is CC(C)[C@H](NC(=O)CN1C(=O)c2ccccc2N2C(=O)c3ccccc3[C@@H]12)c1nc2ccccc2[nH]1. The number of rotatable bonds is 5. The zero-order chi connectivity index (χ0) is 25.0. The molecule has 0 fully saturated rings. The van der Waals surface area contributed by atoms with E-state index in [1.165, 1.54) is 4.90 Å². The second-order valence-electron chi connectivity index (χ2n) is 9.51. The van der Waals surface area contributed by atoms with Crippen molar-refractivity contribution in [3.05, 3.63) is 95.3 Å². The molecule has 8 nitrogen and oxygen atoms in total. The fraction of sp³-hybridized carbons (Fsp3) is 0.214. The topological polar surface area (TPSA) is 98.4 Å². The maximum atomic E-state index is 13.6. The lowest BCUT2D eigenvalue weighted by Crippen LogP contribution is -2.52. The van der Waals surface area contributed by atoms with Crippen molar-refractivity contribution in [2.24, 2.45) is 5.92 Å². The van der Waals surface area contributed by atoms with Gasteiger partial charge in [-0.3, -0.25) is 19.3 Å². The monoisotopic (exact) mass is 479 g/mol. The first-order valence-electron chi connectivity index (χ1n) is 12.0. The second kappa shape index (κ2) is 8.34. The highest BCUT2D eigenvalue weighted by atomic mass is 16.2. The zero-order valence-electron chi connectivity index (χ0n) is 19.9. The summed E-state index contributed by atoms with van der Waals surface area (Å²) in [6.07, 6.45) is -0.675. The van der Waals surface area contributed by atoms with Gasteiger partial charge in [0.25, 0.3) is 11.8 Å². The molecule has 0 aliphatic carbocycles. The molecule has 3 aromatic carbocycles. The van der Waals surface area contributed by atoms with Gasteiger partial charge in [0.15, 0.2) is 0 Å². The van der Waals surface area contributed by atoms with Crippen LogP contribution in [0.2, 0.25) is 0 Å². The Morgan fingerprint density at radius 2 is 1.64 bits per heavy atom. The molecule has 0 bridgehead atoms. The van der Waals surface area contributed by atoms with Gasteiger partial charge in [0.2, 0.25) is 5.91 Å². The van der Waals surface area contributed by atoms with Gasteiger partial charge in [-0.2, -0.15) is 0 Å². The molecule has 3 heterocycles. The Hall–Kier alpha value is -4.46. The van der Waals surface area contributed by atoms with Crippen molar-refractivity contribution >= 4 is 34.4 Å². The van der Waals surface area contributed by atoms with E-state index in [0.717, 1.165) is 16.6 Å². The van der Waals surface area contributed by atoms with Gasteiger partial charge in [-0.25, -0.2) is 4.98 Å². The number of anilines is 1. The van der Waals surface area contributed by atoms with Gasteiger partial charge in [-0.1, -0.05) is 56.3 Å². The molecular weight excluding hydrogens is 454 g/mol. The van der Waals surface area contributed by atoms with E-state index in [2.05, 4.69) is 15.3 Å². The Balaban J connectivity index is 1.33. The summed E-state index contributed by atoms with van der Waals surface area (Å²) in [6, 6.07) is 21.6. The van der Waals surface area contributed by atoms with E-state index in [9.17, 15) is 14.4 Å². The third-order valence-corrected chi connectivity index (χ3v) is 6.88. The quantitative estimate of drug-likeness (QED) is 0.448. The number of aromatic amines is 1. The van der Waals surface area contributed by atoms with Crippen molar-refractivity contribution in [1.82, 2.24) is 20.2 Å². The standard InChI is InChI=1S/C28H25N5O3/c1-16(2)24(25-29-20-12-6-7-13-21(20)30-25)31-23(34)15-32-26-17-9-3-4-10-18(17)28(36)33(26)22-14-8-5-11-19(22)27(32)35/h3-14,16,24,26H,15H2,1-2H3,(H,29,30)(H,31,34)/t24-,26-/m0/s1. The molecule has 2 N–H and O–H groups in total. The highest BCUT2D eigenvalue weighted by molar-refractivity contribution is 6.17. The van der Waals surface area contributed by atoms with Crippen LogP contribution in [-0.4, -0.2) is 39.1 Å². The maximum absolute atomic E-state index is 13.6. The maximum Gasteiger partial charge on any atom is 0.260 e. The summed E-state index contributed by atoms with van der Waals surface area (Å²) in [5.41, 5.74) is 3.95. The minimum absolute atomic E-state index is 0.0533. The van der Waals surface area contributed by atoms with E-state index in [4.69, 9.17) is 0 Å². The number of hydrogen-bond acceptors (Lipinski definition) is 4. The normalized spacial score (nSPS) is 17.2. The van der Waals surface area contributed by atoms with Gasteiger partial charge in [0, 0.05) is 11.1 Å². The molecule has 6 rings (SSSR count). The van der Waals surface area contributed by atoms with Crippen LogP contribution in [0.3, 0.4) is 0 Å². The van der Waals surface area contributed by atoms with Gasteiger partial charge in [-0.05, 0) is 36.2 Å². The summed E-state index contributed by atoms with van der Waals surface area (Å²) in [5.74, 6) is -0.0613. The summed E-state index contributed by atoms with van der Waals surface area (Å²) < 4.78 is 0. The highest BCUT2D eigenvalue weighted by Gasteiger charge is 2.48. The van der Waals surface area contributed by atoms with E-state index in [0.29, 0.717) is 22.6 Å². The number of benzene rings is 3. The molecule has 4 aromatic rings. The van der Waals surface area contributed by atoms with Crippen LogP contribution in [0.25, 0.3) is 11.0 Å². The third-order valence-electron chi connectivity index (χ3n) is 6.88. The van der Waals surface area contributed by atoms with E-state index < -0.39 is 6.17 Å². The number of hydrogen-bond donors (Lipinski definition) is 2. The predicted octanol–water partition coefficient (Wildman–Crippen LogP) is 4.19. The minimum atomic E-state index is -0.675. The van der Waals surface area contributed by atoms with Crippen LogP contribution in [-0.2, 0) is 4.79 Å². The van der Waals surface area contributed by atoms with Crippen LogP contribution >= 0.6 is 0 Å². The number of carbonyl (C=O) groups excluding carboxylic acids is 3. The van der Waals surface area contributed by atoms with Crippen LogP contribution < -0.4 is 10.2 Å². The summed E-state index contributed by atoms with van der Waals surface area (Å²) in [4.78, 5) is 51.4. The molecule has 3 amide bonds. The van der Waals surface area contributed by atoms with Crippen molar-refractivity contribution in [2.75, 3.05) is 11.4 Å². The Morgan fingerprint density at radius 3 is 2.42 bits per heavy atom. The average Bonchev–Trinajstić information content (AvgIpc) is 3.44. The lowest BCUT2D eigenvalue weighted by atomic mass is 10.0. The van der Waals surface area contributed by atoms with Gasteiger partial charge in [-0.15, -0.1) is 0 Å². The summed E-state index contributed by atoms with van der Waals surface area (Å²) in [6.45, 7) is 3.82. The van der Waals surface area contributed by atoms with Crippen LogP contribution in [0.15, 0.2) is 72.8 Å². The molecule has 2 aliphatic rings. The van der Waals surface area contributed by atoms with E-state index in [1.807, 2.05) is 56.3 Å². The average molecular weight is 480 g/mol. The van der Waals surface area contributed by atoms with Gasteiger partial charge < -0.3 is 15.2 Å². The molecule has 36 heavy (non-hydrogen) atoms. The smallest absolute Gasteiger partial charge is 0.260 e. The molecule has 8 heteroatoms. The number of carbonyl (C=O) groups is 3. The molecule has 2 aliphatic heterocycles. The van der Waals surface area contributed by atoms with Crippen LogP contribution in [0, 0.1) is 5.92 Å².